The van der Waals surface area contributed by atoms with Crippen molar-refractivity contribution in [3.05, 3.63) is 29.8 Å². The number of nitrogens with one attached hydrogen (secondary N) is 2. The maximum Gasteiger partial charge on any atom is 0.402 e. The molecule has 7 nitrogen and oxygen atoms in total. The molecule has 0 aliphatic carbocycles. The molecule has 0 aliphatic heterocycles. The molecule has 120 valence electrons. The number of rotatable bonds is 6. The average Bonchev–Trinajstić information content (AvgIpc) is 2.33. The van der Waals surface area contributed by atoms with Crippen molar-refractivity contribution in [1.29, 1.82) is 0 Å². The summed E-state index contributed by atoms with van der Waals surface area (Å²) in [4.78, 5) is -0.163. The van der Waals surface area contributed by atoms with Crippen molar-refractivity contribution in [2.24, 2.45) is 5.14 Å². The Bertz CT molecular complexity index is 684. The van der Waals surface area contributed by atoms with E-state index in [1.165, 1.54) is 16.9 Å². The Labute approximate surface area is 119 Å². The molecule has 0 fully saturated rings. The second-order valence-electron chi connectivity index (χ2n) is 3.95. The molecule has 0 radical (unpaired) electrons. The van der Waals surface area contributed by atoms with Gasteiger partial charge in [0.15, 0.2) is 0 Å². The quantitative estimate of drug-likeness (QED) is 0.661. The van der Waals surface area contributed by atoms with Crippen LogP contribution in [-0.4, -0.2) is 29.6 Å². The van der Waals surface area contributed by atoms with E-state index in [0.717, 1.165) is 12.1 Å². The van der Waals surface area contributed by atoms with Crippen LogP contribution in [0.1, 0.15) is 5.56 Å². The van der Waals surface area contributed by atoms with Crippen molar-refractivity contribution < 1.29 is 30.0 Å². The minimum absolute atomic E-state index is 0.163. The first-order valence-corrected chi connectivity index (χ1v) is 8.35. The minimum atomic E-state index is -4.66. The lowest BCUT2D eigenvalue weighted by atomic mass is 10.2. The molecule has 0 atom stereocenters. The number of benzene rings is 1. The third-order valence-electron chi connectivity index (χ3n) is 2.18. The van der Waals surface area contributed by atoms with E-state index in [1.54, 1.807) is 0 Å². The normalized spacial score (nSPS) is 13.3. The summed E-state index contributed by atoms with van der Waals surface area (Å²) in [5.74, 6) is 0. The van der Waals surface area contributed by atoms with Gasteiger partial charge in [0.1, 0.15) is 6.54 Å². The van der Waals surface area contributed by atoms with Crippen LogP contribution in [0, 0.1) is 0 Å². The predicted molar refractivity (Wildman–Crippen MR) is 67.6 cm³/mol. The number of sulfonamides is 1. The van der Waals surface area contributed by atoms with Gasteiger partial charge in [-0.2, -0.15) is 31.0 Å². The average molecular weight is 347 g/mol. The first-order valence-electron chi connectivity index (χ1n) is 5.32. The molecule has 0 saturated carbocycles. The van der Waals surface area contributed by atoms with Gasteiger partial charge in [-0.25, -0.2) is 13.6 Å². The van der Waals surface area contributed by atoms with E-state index in [9.17, 15) is 30.0 Å². The van der Waals surface area contributed by atoms with E-state index in [-0.39, 0.29) is 11.4 Å². The largest absolute Gasteiger partial charge is 0.402 e. The first-order chi connectivity index (χ1) is 9.39. The van der Waals surface area contributed by atoms with E-state index >= 15 is 0 Å². The Kier molecular flexibility index (Phi) is 5.33. The lowest BCUT2D eigenvalue weighted by Gasteiger charge is -2.10. The van der Waals surface area contributed by atoms with E-state index in [2.05, 4.69) is 0 Å². The second kappa shape index (κ2) is 6.27. The van der Waals surface area contributed by atoms with E-state index < -0.39 is 33.0 Å². The van der Waals surface area contributed by atoms with Crippen LogP contribution < -0.4 is 14.6 Å². The molecule has 1 aromatic carbocycles. The van der Waals surface area contributed by atoms with Crippen molar-refractivity contribution in [2.75, 3.05) is 6.54 Å². The van der Waals surface area contributed by atoms with Gasteiger partial charge < -0.3 is 0 Å². The van der Waals surface area contributed by atoms with Crippen molar-refractivity contribution in [2.45, 2.75) is 17.6 Å². The molecule has 1 aromatic rings. The van der Waals surface area contributed by atoms with E-state index in [1.807, 2.05) is 4.72 Å². The van der Waals surface area contributed by atoms with Crippen LogP contribution in [0.2, 0.25) is 0 Å². The summed E-state index contributed by atoms with van der Waals surface area (Å²) in [5, 5.41) is 4.87. The standard InChI is InChI=1S/C9H12F3N3O4S2/c10-9(11,12)6-15-21(18,19)14-5-7-1-3-8(4-2-7)20(13,16)17/h1-4,14-15H,5-6H2,(H2,13,16,17). The number of primary sulfonamides is 1. The fourth-order valence-electron chi connectivity index (χ4n) is 1.20. The molecule has 0 heterocycles. The van der Waals surface area contributed by atoms with Gasteiger partial charge in [-0.05, 0) is 17.7 Å². The summed E-state index contributed by atoms with van der Waals surface area (Å²) in [7, 11) is -8.18. The summed E-state index contributed by atoms with van der Waals surface area (Å²) >= 11 is 0. The van der Waals surface area contributed by atoms with Crippen LogP contribution in [-0.2, 0) is 26.8 Å². The molecular weight excluding hydrogens is 335 g/mol. The summed E-state index contributed by atoms with van der Waals surface area (Å²) in [6, 6.07) is 4.88. The Morgan fingerprint density at radius 1 is 1.00 bits per heavy atom. The molecule has 0 aliphatic rings. The summed E-state index contributed by atoms with van der Waals surface area (Å²) in [6.07, 6.45) is -4.66. The van der Waals surface area contributed by atoms with Crippen LogP contribution in [0.4, 0.5) is 13.2 Å². The number of hydrogen-bond acceptors (Lipinski definition) is 4. The van der Waals surface area contributed by atoms with Crippen LogP contribution in [0.3, 0.4) is 0 Å². The summed E-state index contributed by atoms with van der Waals surface area (Å²) in [6.45, 7) is -2.00. The number of hydrogen-bond donors (Lipinski definition) is 3. The Balaban J connectivity index is 2.63. The number of alkyl halides is 3. The van der Waals surface area contributed by atoms with E-state index in [4.69, 9.17) is 5.14 Å². The Morgan fingerprint density at radius 3 is 1.95 bits per heavy atom. The Hall–Kier alpha value is -1.21. The summed E-state index contributed by atoms with van der Waals surface area (Å²) in [5.41, 5.74) is 0.347. The third kappa shape index (κ3) is 6.86. The maximum absolute atomic E-state index is 11.9. The van der Waals surface area contributed by atoms with Gasteiger partial charge in [-0.1, -0.05) is 12.1 Å². The Morgan fingerprint density at radius 2 is 1.52 bits per heavy atom. The first kappa shape index (κ1) is 17.8. The number of nitrogens with two attached hydrogens (primary N) is 1. The van der Waals surface area contributed by atoms with Crippen LogP contribution in [0.15, 0.2) is 29.2 Å². The highest BCUT2D eigenvalue weighted by atomic mass is 32.2. The predicted octanol–water partition coefficient (Wildman–Crippen LogP) is -0.180. The number of halogens is 3. The van der Waals surface area contributed by atoms with Crippen LogP contribution in [0.25, 0.3) is 0 Å². The second-order valence-corrected chi connectivity index (χ2v) is 7.10. The summed E-state index contributed by atoms with van der Waals surface area (Å²) < 4.78 is 83.3. The van der Waals surface area contributed by atoms with Gasteiger partial charge in [0.2, 0.25) is 10.0 Å². The minimum Gasteiger partial charge on any atom is -0.225 e. The van der Waals surface area contributed by atoms with Gasteiger partial charge in [0.05, 0.1) is 4.90 Å². The monoisotopic (exact) mass is 347 g/mol. The molecule has 21 heavy (non-hydrogen) atoms. The van der Waals surface area contributed by atoms with E-state index in [0.29, 0.717) is 5.56 Å². The van der Waals surface area contributed by atoms with Crippen molar-refractivity contribution in [3.8, 4) is 0 Å². The molecule has 0 amide bonds. The highest BCUT2D eigenvalue weighted by Gasteiger charge is 2.29. The van der Waals surface area contributed by atoms with Crippen molar-refractivity contribution in [3.63, 3.8) is 0 Å². The molecule has 0 aromatic heterocycles. The molecule has 0 saturated heterocycles. The fourth-order valence-corrected chi connectivity index (χ4v) is 2.53. The maximum atomic E-state index is 11.9. The van der Waals surface area contributed by atoms with Crippen molar-refractivity contribution >= 4 is 20.2 Å². The molecule has 4 N–H and O–H groups in total. The fraction of sp³-hybridized carbons (Fsp3) is 0.333. The van der Waals surface area contributed by atoms with Gasteiger partial charge in [0.25, 0.3) is 10.2 Å². The highest BCUT2D eigenvalue weighted by Crippen LogP contribution is 2.12. The zero-order chi connectivity index (χ0) is 16.3. The lowest BCUT2D eigenvalue weighted by Crippen LogP contribution is -2.41. The molecule has 0 bridgehead atoms. The van der Waals surface area contributed by atoms with Gasteiger partial charge in [-0.15, -0.1) is 0 Å². The van der Waals surface area contributed by atoms with Gasteiger partial charge in [-0.3, -0.25) is 0 Å². The molecule has 0 unspecified atom stereocenters. The highest BCUT2D eigenvalue weighted by molar-refractivity contribution is 7.89. The molecule has 12 heteroatoms. The molecular formula is C9H12F3N3O4S2. The van der Waals surface area contributed by atoms with Crippen LogP contribution in [0.5, 0.6) is 0 Å². The molecule has 1 rings (SSSR count). The SMILES string of the molecule is NS(=O)(=O)c1ccc(CNS(=O)(=O)NCC(F)(F)F)cc1. The van der Waals surface area contributed by atoms with Gasteiger partial charge in [0, 0.05) is 6.54 Å². The molecule has 0 spiro atoms. The topological polar surface area (TPSA) is 118 Å². The third-order valence-corrected chi connectivity index (χ3v) is 4.16. The van der Waals surface area contributed by atoms with Crippen molar-refractivity contribution in [1.82, 2.24) is 9.44 Å². The zero-order valence-corrected chi connectivity index (χ0v) is 12.0. The van der Waals surface area contributed by atoms with Gasteiger partial charge >= 0.3 is 6.18 Å². The lowest BCUT2D eigenvalue weighted by molar-refractivity contribution is -0.121. The van der Waals surface area contributed by atoms with Crippen LogP contribution >= 0.6 is 0 Å². The zero-order valence-electron chi connectivity index (χ0n) is 10.4. The smallest absolute Gasteiger partial charge is 0.225 e.